The van der Waals surface area contributed by atoms with Crippen LogP contribution in [0.4, 0.5) is 5.69 Å². The smallest absolute Gasteiger partial charge is 0.272 e. The van der Waals surface area contributed by atoms with Gasteiger partial charge in [-0.15, -0.1) is 0 Å². The van der Waals surface area contributed by atoms with Gasteiger partial charge in [-0.3, -0.25) is 14.6 Å². The van der Waals surface area contributed by atoms with Crippen LogP contribution in [0.1, 0.15) is 40.6 Å². The zero-order chi connectivity index (χ0) is 19.9. The lowest BCUT2D eigenvalue weighted by atomic mass is 10.1. The maximum Gasteiger partial charge on any atom is 0.272 e. The van der Waals surface area contributed by atoms with E-state index in [2.05, 4.69) is 28.9 Å². The number of unbranched alkanes of at least 4 members (excludes halogenated alkanes) is 1. The number of piperazine rings is 1. The van der Waals surface area contributed by atoms with Gasteiger partial charge in [-0.05, 0) is 30.7 Å². The molecule has 0 bridgehead atoms. The van der Waals surface area contributed by atoms with Crippen molar-refractivity contribution in [3.63, 3.8) is 0 Å². The summed E-state index contributed by atoms with van der Waals surface area (Å²) in [6.07, 6.45) is 3.55. The number of para-hydroxylation sites is 1. The molecular formula is C22H28N4O2. The number of hydrogen-bond acceptors (Lipinski definition) is 4. The Morgan fingerprint density at radius 2 is 1.79 bits per heavy atom. The number of benzene rings is 1. The molecule has 6 nitrogen and oxygen atoms in total. The summed E-state index contributed by atoms with van der Waals surface area (Å²) in [5, 5.41) is 0. The standard InChI is InChI=1S/C22H28N4O2/c1-3-4-12-24(2)21(27)18-10-11-23-20(17-18)22(28)26-15-13-25(14-16-26)19-8-6-5-7-9-19/h5-11,17H,3-4,12-16H2,1-2H3. The summed E-state index contributed by atoms with van der Waals surface area (Å²) in [5.74, 6) is -0.183. The first kappa shape index (κ1) is 19.9. The number of nitrogens with zero attached hydrogens (tertiary/aromatic N) is 4. The minimum Gasteiger partial charge on any atom is -0.368 e. The second-order valence-corrected chi connectivity index (χ2v) is 7.12. The van der Waals surface area contributed by atoms with E-state index in [1.807, 2.05) is 23.1 Å². The summed E-state index contributed by atoms with van der Waals surface area (Å²) in [7, 11) is 1.79. The summed E-state index contributed by atoms with van der Waals surface area (Å²) in [5.41, 5.74) is 2.03. The third-order valence-electron chi connectivity index (χ3n) is 5.11. The van der Waals surface area contributed by atoms with Gasteiger partial charge in [0.2, 0.25) is 0 Å². The van der Waals surface area contributed by atoms with Crippen LogP contribution in [0.15, 0.2) is 48.7 Å². The molecule has 0 unspecified atom stereocenters. The van der Waals surface area contributed by atoms with E-state index in [4.69, 9.17) is 0 Å². The van der Waals surface area contributed by atoms with Crippen molar-refractivity contribution < 1.29 is 9.59 Å². The van der Waals surface area contributed by atoms with Crippen molar-refractivity contribution in [1.82, 2.24) is 14.8 Å². The lowest BCUT2D eigenvalue weighted by Gasteiger charge is -2.36. The zero-order valence-corrected chi connectivity index (χ0v) is 16.7. The molecule has 0 saturated carbocycles. The highest BCUT2D eigenvalue weighted by molar-refractivity contribution is 5.98. The first-order chi connectivity index (χ1) is 13.6. The summed E-state index contributed by atoms with van der Waals surface area (Å²) in [6.45, 7) is 5.66. The van der Waals surface area contributed by atoms with Gasteiger partial charge in [0.1, 0.15) is 5.69 Å². The van der Waals surface area contributed by atoms with Gasteiger partial charge in [0.15, 0.2) is 0 Å². The van der Waals surface area contributed by atoms with Crippen LogP contribution in [0.2, 0.25) is 0 Å². The molecule has 0 atom stereocenters. The fraction of sp³-hybridized carbons (Fsp3) is 0.409. The lowest BCUT2D eigenvalue weighted by molar-refractivity contribution is 0.0740. The van der Waals surface area contributed by atoms with Gasteiger partial charge in [0.05, 0.1) is 0 Å². The largest absolute Gasteiger partial charge is 0.368 e. The van der Waals surface area contributed by atoms with E-state index < -0.39 is 0 Å². The summed E-state index contributed by atoms with van der Waals surface area (Å²) < 4.78 is 0. The Labute approximate surface area is 166 Å². The van der Waals surface area contributed by atoms with E-state index in [1.54, 1.807) is 30.3 Å². The van der Waals surface area contributed by atoms with Crippen LogP contribution >= 0.6 is 0 Å². The van der Waals surface area contributed by atoms with Crippen LogP contribution in [0.25, 0.3) is 0 Å². The van der Waals surface area contributed by atoms with Gasteiger partial charge in [-0.1, -0.05) is 31.5 Å². The van der Waals surface area contributed by atoms with Crippen LogP contribution in [0, 0.1) is 0 Å². The number of anilines is 1. The fourth-order valence-corrected chi connectivity index (χ4v) is 3.37. The minimum atomic E-state index is -0.112. The molecule has 6 heteroatoms. The average Bonchev–Trinajstić information content (AvgIpc) is 2.77. The Balaban J connectivity index is 1.63. The molecule has 2 aromatic rings. The molecule has 0 spiro atoms. The number of pyridine rings is 1. The van der Waals surface area contributed by atoms with E-state index in [0.717, 1.165) is 25.9 Å². The molecule has 1 aromatic carbocycles. The van der Waals surface area contributed by atoms with Gasteiger partial charge in [-0.25, -0.2) is 0 Å². The molecule has 2 heterocycles. The second-order valence-electron chi connectivity index (χ2n) is 7.12. The molecule has 3 rings (SSSR count). The third kappa shape index (κ3) is 4.68. The monoisotopic (exact) mass is 380 g/mol. The predicted molar refractivity (Wildman–Crippen MR) is 111 cm³/mol. The van der Waals surface area contributed by atoms with Gasteiger partial charge in [-0.2, -0.15) is 0 Å². The van der Waals surface area contributed by atoms with Crippen molar-refractivity contribution in [3.8, 4) is 0 Å². The maximum atomic E-state index is 12.9. The van der Waals surface area contributed by atoms with Crippen LogP contribution in [-0.4, -0.2) is 66.4 Å². The van der Waals surface area contributed by atoms with E-state index >= 15 is 0 Å². The van der Waals surface area contributed by atoms with E-state index in [0.29, 0.717) is 30.9 Å². The maximum absolute atomic E-state index is 12.9. The van der Waals surface area contributed by atoms with Crippen LogP contribution in [0.3, 0.4) is 0 Å². The fourth-order valence-electron chi connectivity index (χ4n) is 3.37. The molecule has 1 aromatic heterocycles. The number of carbonyl (C=O) groups is 2. The summed E-state index contributed by atoms with van der Waals surface area (Å²) in [4.78, 5) is 35.5. The van der Waals surface area contributed by atoms with Gasteiger partial charge < -0.3 is 14.7 Å². The highest BCUT2D eigenvalue weighted by Gasteiger charge is 2.24. The molecule has 2 amide bonds. The van der Waals surface area contributed by atoms with Gasteiger partial charge in [0.25, 0.3) is 11.8 Å². The molecule has 1 saturated heterocycles. The van der Waals surface area contributed by atoms with Crippen LogP contribution in [-0.2, 0) is 0 Å². The lowest BCUT2D eigenvalue weighted by Crippen LogP contribution is -2.49. The topological polar surface area (TPSA) is 56.8 Å². The highest BCUT2D eigenvalue weighted by atomic mass is 16.2. The highest BCUT2D eigenvalue weighted by Crippen LogP contribution is 2.17. The summed E-state index contributed by atoms with van der Waals surface area (Å²) >= 11 is 0. The van der Waals surface area contributed by atoms with Crippen molar-refractivity contribution >= 4 is 17.5 Å². The predicted octanol–water partition coefficient (Wildman–Crippen LogP) is 2.92. The summed E-state index contributed by atoms with van der Waals surface area (Å²) in [6, 6.07) is 13.5. The number of amides is 2. The molecule has 1 aliphatic rings. The Hall–Kier alpha value is -2.89. The van der Waals surface area contributed by atoms with Gasteiger partial charge >= 0.3 is 0 Å². The average molecular weight is 380 g/mol. The Morgan fingerprint density at radius 1 is 1.07 bits per heavy atom. The first-order valence-corrected chi connectivity index (χ1v) is 9.91. The minimum absolute atomic E-state index is 0.0706. The molecule has 1 aliphatic heterocycles. The van der Waals surface area contributed by atoms with Crippen LogP contribution in [0.5, 0.6) is 0 Å². The first-order valence-electron chi connectivity index (χ1n) is 9.91. The molecule has 148 valence electrons. The van der Waals surface area contributed by atoms with Crippen molar-refractivity contribution in [1.29, 1.82) is 0 Å². The van der Waals surface area contributed by atoms with E-state index in [9.17, 15) is 9.59 Å². The Kier molecular flexibility index (Phi) is 6.63. The molecule has 0 aliphatic carbocycles. The Bertz CT molecular complexity index is 801. The second kappa shape index (κ2) is 9.35. The molecule has 0 radical (unpaired) electrons. The van der Waals surface area contributed by atoms with Crippen molar-refractivity contribution in [3.05, 3.63) is 59.9 Å². The normalized spacial score (nSPS) is 14.1. The number of aromatic nitrogens is 1. The number of carbonyl (C=O) groups excluding carboxylic acids is 2. The van der Waals surface area contributed by atoms with E-state index in [-0.39, 0.29) is 11.8 Å². The van der Waals surface area contributed by atoms with E-state index in [1.165, 1.54) is 5.69 Å². The molecule has 1 fully saturated rings. The number of hydrogen-bond donors (Lipinski definition) is 0. The third-order valence-corrected chi connectivity index (χ3v) is 5.11. The number of rotatable bonds is 6. The van der Waals surface area contributed by atoms with Gasteiger partial charge in [0, 0.05) is 57.2 Å². The quantitative estimate of drug-likeness (QED) is 0.773. The van der Waals surface area contributed by atoms with Crippen molar-refractivity contribution in [2.75, 3.05) is 44.7 Å². The van der Waals surface area contributed by atoms with Crippen LogP contribution < -0.4 is 4.90 Å². The van der Waals surface area contributed by atoms with Crippen molar-refractivity contribution in [2.45, 2.75) is 19.8 Å². The SMILES string of the molecule is CCCCN(C)C(=O)c1ccnc(C(=O)N2CCN(c3ccccc3)CC2)c1. The van der Waals surface area contributed by atoms with Crippen molar-refractivity contribution in [2.24, 2.45) is 0 Å². The zero-order valence-electron chi connectivity index (χ0n) is 16.7. The molecule has 0 N–H and O–H groups in total. The molecular weight excluding hydrogens is 352 g/mol. The molecule has 28 heavy (non-hydrogen) atoms. The Morgan fingerprint density at radius 3 is 2.46 bits per heavy atom.